The Morgan fingerprint density at radius 2 is 1.80 bits per heavy atom. The molecule has 1 saturated heterocycles. The number of sulfone groups is 1. The molecule has 5 nitrogen and oxygen atoms in total. The first-order chi connectivity index (χ1) is 11.9. The van der Waals surface area contributed by atoms with Crippen LogP contribution in [0.2, 0.25) is 0 Å². The molecular formula is C19H22N2O3S. The zero-order valence-electron chi connectivity index (χ0n) is 14.2. The van der Waals surface area contributed by atoms with Gasteiger partial charge in [-0.25, -0.2) is 8.42 Å². The van der Waals surface area contributed by atoms with Gasteiger partial charge in [-0.2, -0.15) is 0 Å². The largest absolute Gasteiger partial charge is 0.370 e. The highest BCUT2D eigenvalue weighted by molar-refractivity contribution is 7.89. The van der Waals surface area contributed by atoms with E-state index in [0.717, 1.165) is 37.3 Å². The van der Waals surface area contributed by atoms with Gasteiger partial charge < -0.3 is 10.2 Å². The van der Waals surface area contributed by atoms with Crippen LogP contribution in [0.1, 0.15) is 28.8 Å². The molecule has 1 heterocycles. The van der Waals surface area contributed by atoms with Gasteiger partial charge in [-0.05, 0) is 42.7 Å². The van der Waals surface area contributed by atoms with Crippen molar-refractivity contribution in [3.05, 3.63) is 59.7 Å². The molecule has 0 atom stereocenters. The molecule has 0 aromatic heterocycles. The summed E-state index contributed by atoms with van der Waals surface area (Å²) < 4.78 is 22.9. The first-order valence-electron chi connectivity index (χ1n) is 8.34. The van der Waals surface area contributed by atoms with Gasteiger partial charge >= 0.3 is 0 Å². The fraction of sp³-hybridized carbons (Fsp3) is 0.316. The monoisotopic (exact) mass is 358 g/mol. The maximum Gasteiger partial charge on any atom is 0.255 e. The molecule has 1 amide bonds. The first kappa shape index (κ1) is 17.5. The van der Waals surface area contributed by atoms with Gasteiger partial charge in [-0.1, -0.05) is 24.3 Å². The molecular weight excluding hydrogens is 336 g/mol. The summed E-state index contributed by atoms with van der Waals surface area (Å²) >= 11 is 0. The predicted octanol–water partition coefficient (Wildman–Crippen LogP) is 3.08. The highest BCUT2D eigenvalue weighted by Gasteiger charge is 2.17. The van der Waals surface area contributed by atoms with Gasteiger partial charge in [0.1, 0.15) is 0 Å². The molecule has 1 aliphatic rings. The minimum Gasteiger partial charge on any atom is -0.370 e. The highest BCUT2D eigenvalue weighted by Crippen LogP contribution is 2.29. The second-order valence-corrected chi connectivity index (χ2v) is 8.58. The van der Waals surface area contributed by atoms with Crippen LogP contribution in [0.15, 0.2) is 48.5 Å². The molecule has 1 fully saturated rings. The van der Waals surface area contributed by atoms with Crippen LogP contribution in [0.3, 0.4) is 0 Å². The lowest BCUT2D eigenvalue weighted by Gasteiger charge is -2.21. The Balaban J connectivity index is 1.80. The van der Waals surface area contributed by atoms with Crippen molar-refractivity contribution in [3.63, 3.8) is 0 Å². The number of hydrogen-bond acceptors (Lipinski definition) is 4. The molecule has 0 saturated carbocycles. The Morgan fingerprint density at radius 1 is 1.08 bits per heavy atom. The Kier molecular flexibility index (Phi) is 5.08. The average Bonchev–Trinajstić information content (AvgIpc) is 3.08. The highest BCUT2D eigenvalue weighted by atomic mass is 32.2. The topological polar surface area (TPSA) is 66.5 Å². The van der Waals surface area contributed by atoms with Crippen molar-refractivity contribution in [2.75, 3.05) is 29.6 Å². The molecule has 6 heteroatoms. The summed E-state index contributed by atoms with van der Waals surface area (Å²) in [6, 6.07) is 14.5. The van der Waals surface area contributed by atoms with E-state index < -0.39 is 9.84 Å². The molecule has 1 aliphatic heterocycles. The minimum atomic E-state index is -3.13. The Bertz CT molecular complexity index is 872. The van der Waals surface area contributed by atoms with Gasteiger partial charge in [0.25, 0.3) is 5.91 Å². The molecule has 25 heavy (non-hydrogen) atoms. The van der Waals surface area contributed by atoms with Gasteiger partial charge in [-0.3, -0.25) is 4.79 Å². The number of amides is 1. The minimum absolute atomic E-state index is 0.0709. The Morgan fingerprint density at radius 3 is 2.52 bits per heavy atom. The van der Waals surface area contributed by atoms with Gasteiger partial charge in [0.2, 0.25) is 0 Å². The van der Waals surface area contributed by atoms with E-state index in [1.165, 1.54) is 6.26 Å². The Hall–Kier alpha value is -2.34. The van der Waals surface area contributed by atoms with Crippen molar-refractivity contribution < 1.29 is 13.2 Å². The number of carbonyl (C=O) groups excluding carboxylic acids is 1. The second-order valence-electron chi connectivity index (χ2n) is 6.44. The van der Waals surface area contributed by atoms with Crippen LogP contribution in [0.4, 0.5) is 11.4 Å². The summed E-state index contributed by atoms with van der Waals surface area (Å²) in [6.07, 6.45) is 3.51. The van der Waals surface area contributed by atoms with E-state index in [-0.39, 0.29) is 11.7 Å². The van der Waals surface area contributed by atoms with E-state index in [4.69, 9.17) is 0 Å². The zero-order chi connectivity index (χ0) is 17.9. The molecule has 3 rings (SSSR count). The third-order valence-electron chi connectivity index (χ3n) is 4.22. The van der Waals surface area contributed by atoms with Crippen molar-refractivity contribution in [3.8, 4) is 0 Å². The van der Waals surface area contributed by atoms with Crippen molar-refractivity contribution in [2.24, 2.45) is 0 Å². The zero-order valence-corrected chi connectivity index (χ0v) is 15.1. The van der Waals surface area contributed by atoms with E-state index in [2.05, 4.69) is 10.2 Å². The Labute approximate surface area is 148 Å². The van der Waals surface area contributed by atoms with Crippen molar-refractivity contribution in [2.45, 2.75) is 18.6 Å². The molecule has 2 aromatic carbocycles. The molecule has 0 aliphatic carbocycles. The van der Waals surface area contributed by atoms with Crippen molar-refractivity contribution in [1.82, 2.24) is 0 Å². The molecule has 0 radical (unpaired) electrons. The number of benzene rings is 2. The number of para-hydroxylation sites is 2. The fourth-order valence-corrected chi connectivity index (χ4v) is 3.90. The quantitative estimate of drug-likeness (QED) is 0.892. The maximum absolute atomic E-state index is 12.6. The molecule has 132 valence electrons. The van der Waals surface area contributed by atoms with Gasteiger partial charge in [-0.15, -0.1) is 0 Å². The summed E-state index contributed by atoms with van der Waals surface area (Å²) in [5, 5.41) is 2.96. The van der Waals surface area contributed by atoms with Gasteiger partial charge in [0.15, 0.2) is 9.84 Å². The maximum atomic E-state index is 12.6. The predicted molar refractivity (Wildman–Crippen MR) is 101 cm³/mol. The summed E-state index contributed by atoms with van der Waals surface area (Å²) in [5.41, 5.74) is 2.88. The third kappa shape index (κ3) is 4.60. The van der Waals surface area contributed by atoms with E-state index >= 15 is 0 Å². The average molecular weight is 358 g/mol. The van der Waals surface area contributed by atoms with Gasteiger partial charge in [0, 0.05) is 24.9 Å². The number of anilines is 2. The molecule has 0 unspecified atom stereocenters. The molecule has 0 spiro atoms. The second kappa shape index (κ2) is 7.27. The van der Waals surface area contributed by atoms with Crippen LogP contribution < -0.4 is 10.2 Å². The summed E-state index contributed by atoms with van der Waals surface area (Å²) in [4.78, 5) is 14.9. The van der Waals surface area contributed by atoms with E-state index in [1.807, 2.05) is 24.3 Å². The number of hydrogen-bond donors (Lipinski definition) is 1. The number of carbonyl (C=O) groups is 1. The summed E-state index contributed by atoms with van der Waals surface area (Å²) in [6.45, 7) is 1.99. The lowest BCUT2D eigenvalue weighted by Crippen LogP contribution is -2.21. The van der Waals surface area contributed by atoms with Crippen molar-refractivity contribution >= 4 is 27.1 Å². The van der Waals surface area contributed by atoms with E-state index in [1.54, 1.807) is 24.3 Å². The standard InChI is InChI=1S/C19H22N2O3S/c1-25(23,24)14-15-7-6-8-16(13-15)19(22)20-17-9-2-3-10-18(17)21-11-4-5-12-21/h2-3,6-10,13H,4-5,11-12,14H2,1H3,(H,20,22). The lowest BCUT2D eigenvalue weighted by atomic mass is 10.1. The number of nitrogens with one attached hydrogen (secondary N) is 1. The SMILES string of the molecule is CS(=O)(=O)Cc1cccc(C(=O)Nc2ccccc2N2CCCC2)c1. The summed E-state index contributed by atoms with van der Waals surface area (Å²) in [5.74, 6) is -0.305. The first-order valence-corrected chi connectivity index (χ1v) is 10.4. The normalized spacial score (nSPS) is 14.5. The smallest absolute Gasteiger partial charge is 0.255 e. The van der Waals surface area contributed by atoms with E-state index in [0.29, 0.717) is 11.1 Å². The van der Waals surface area contributed by atoms with Crippen LogP contribution >= 0.6 is 0 Å². The van der Waals surface area contributed by atoms with Crippen molar-refractivity contribution in [1.29, 1.82) is 0 Å². The van der Waals surface area contributed by atoms with E-state index in [9.17, 15) is 13.2 Å². The molecule has 2 aromatic rings. The molecule has 1 N–H and O–H groups in total. The third-order valence-corrected chi connectivity index (χ3v) is 5.07. The van der Waals surface area contributed by atoms with Crippen LogP contribution in [-0.2, 0) is 15.6 Å². The number of rotatable bonds is 5. The van der Waals surface area contributed by atoms with Crippen LogP contribution in [-0.4, -0.2) is 33.7 Å². The van der Waals surface area contributed by atoms with Crippen LogP contribution in [0.25, 0.3) is 0 Å². The van der Waals surface area contributed by atoms with Crippen LogP contribution in [0, 0.1) is 0 Å². The molecule has 0 bridgehead atoms. The lowest BCUT2D eigenvalue weighted by molar-refractivity contribution is 0.102. The number of nitrogens with zero attached hydrogens (tertiary/aromatic N) is 1. The fourth-order valence-electron chi connectivity index (χ4n) is 3.11. The van der Waals surface area contributed by atoms with Crippen LogP contribution in [0.5, 0.6) is 0 Å². The summed E-state index contributed by atoms with van der Waals surface area (Å²) in [7, 11) is -3.13. The van der Waals surface area contributed by atoms with Gasteiger partial charge in [0.05, 0.1) is 17.1 Å².